The van der Waals surface area contributed by atoms with Crippen molar-refractivity contribution in [3.63, 3.8) is 0 Å². The van der Waals surface area contributed by atoms with Crippen LogP contribution in [-0.2, 0) is 28.6 Å². The Morgan fingerprint density at radius 3 is 1.34 bits per heavy atom. The Bertz CT molecular complexity index is 1290. The van der Waals surface area contributed by atoms with Crippen LogP contribution in [0.25, 0.3) is 0 Å². The number of ether oxygens (including phenoxy) is 3. The van der Waals surface area contributed by atoms with Crippen LogP contribution in [-0.4, -0.2) is 37.2 Å². The summed E-state index contributed by atoms with van der Waals surface area (Å²) >= 11 is 0. The van der Waals surface area contributed by atoms with Crippen molar-refractivity contribution in [2.45, 2.75) is 175 Å². The minimum Gasteiger partial charge on any atom is -0.462 e. The number of hydrogen-bond donors (Lipinski definition) is 0. The lowest BCUT2D eigenvalue weighted by Gasteiger charge is -2.18. The number of esters is 3. The Morgan fingerprint density at radius 2 is 0.776 bits per heavy atom. The average molecular weight is 801 g/mol. The summed E-state index contributed by atoms with van der Waals surface area (Å²) in [5.74, 6) is -1.11. The SMILES string of the molecule is CC\C=C/C=C\C=C/C=C\C=C/CCCC(=O)OC(COC(=O)CCC/C=C\C/C=C\C/C=C\CC)COC(=O)CCCCC/C=C\C=C/CCCCCCCCC. The predicted molar refractivity (Wildman–Crippen MR) is 246 cm³/mol. The molecule has 0 fully saturated rings. The quantitative estimate of drug-likeness (QED) is 0.0203. The molecule has 0 aliphatic heterocycles. The Labute approximate surface area is 354 Å². The van der Waals surface area contributed by atoms with Crippen LogP contribution < -0.4 is 0 Å². The van der Waals surface area contributed by atoms with Gasteiger partial charge in [-0.1, -0.05) is 187 Å². The molecule has 0 aromatic rings. The lowest BCUT2D eigenvalue weighted by Crippen LogP contribution is -2.30. The molecule has 0 aromatic heterocycles. The summed E-state index contributed by atoms with van der Waals surface area (Å²) < 4.78 is 16.5. The van der Waals surface area contributed by atoms with Crippen molar-refractivity contribution in [2.75, 3.05) is 13.2 Å². The molecule has 0 saturated carbocycles. The minimum absolute atomic E-state index is 0.140. The van der Waals surface area contributed by atoms with Gasteiger partial charge < -0.3 is 14.2 Å². The van der Waals surface area contributed by atoms with Gasteiger partial charge in [0.05, 0.1) is 0 Å². The van der Waals surface area contributed by atoms with Gasteiger partial charge in [0.15, 0.2) is 6.10 Å². The number of carbonyl (C=O) groups is 3. The van der Waals surface area contributed by atoms with Gasteiger partial charge in [0.2, 0.25) is 0 Å². The standard InChI is InChI=1S/C52H80O6/c1-4-7-10-13-16-19-22-24-25-26-28-30-33-36-39-42-45-51(54)57-48-49(47-56-50(53)44-41-38-35-32-29-21-18-15-12-9-6-3)58-52(55)46-43-40-37-34-31-27-23-20-17-14-11-8-5-2/h8-9,11-12,14,17-18,20-21,23,25-28,30-32,34-35,37,49H,4-7,10,13,15-16,19,22,24,29,33,36,38-48H2,1-3H3/b11-8-,12-9-,17-14-,21-18-,23-20-,26-25-,30-28-,31-27-,35-32-,37-34-. The zero-order valence-corrected chi connectivity index (χ0v) is 36.8. The lowest BCUT2D eigenvalue weighted by atomic mass is 10.1. The Hall–Kier alpha value is -4.19. The monoisotopic (exact) mass is 801 g/mol. The van der Waals surface area contributed by atoms with E-state index < -0.39 is 12.1 Å². The van der Waals surface area contributed by atoms with E-state index in [0.29, 0.717) is 25.7 Å². The maximum atomic E-state index is 12.7. The van der Waals surface area contributed by atoms with Crippen molar-refractivity contribution >= 4 is 17.9 Å². The van der Waals surface area contributed by atoms with E-state index in [4.69, 9.17) is 14.2 Å². The summed E-state index contributed by atoms with van der Waals surface area (Å²) in [4.78, 5) is 37.7. The molecule has 58 heavy (non-hydrogen) atoms. The second-order valence-electron chi connectivity index (χ2n) is 14.3. The third kappa shape index (κ3) is 42.9. The highest BCUT2D eigenvalue weighted by Gasteiger charge is 2.19. The van der Waals surface area contributed by atoms with Gasteiger partial charge in [0.1, 0.15) is 13.2 Å². The Morgan fingerprint density at radius 1 is 0.379 bits per heavy atom. The van der Waals surface area contributed by atoms with E-state index in [1.807, 2.05) is 54.7 Å². The molecule has 0 radical (unpaired) electrons. The molecule has 324 valence electrons. The average Bonchev–Trinajstić information content (AvgIpc) is 3.22. The third-order valence-corrected chi connectivity index (χ3v) is 8.84. The number of hydrogen-bond acceptors (Lipinski definition) is 6. The van der Waals surface area contributed by atoms with Crippen LogP contribution in [0.4, 0.5) is 0 Å². The molecule has 0 aliphatic carbocycles. The first-order valence-electron chi connectivity index (χ1n) is 22.6. The maximum absolute atomic E-state index is 12.7. The van der Waals surface area contributed by atoms with Crippen LogP contribution in [0, 0.1) is 0 Å². The van der Waals surface area contributed by atoms with Crippen LogP contribution in [0.3, 0.4) is 0 Å². The van der Waals surface area contributed by atoms with E-state index in [-0.39, 0.29) is 38.0 Å². The predicted octanol–water partition coefficient (Wildman–Crippen LogP) is 14.6. The van der Waals surface area contributed by atoms with Crippen molar-refractivity contribution in [3.8, 4) is 0 Å². The van der Waals surface area contributed by atoms with Gasteiger partial charge in [0.25, 0.3) is 0 Å². The van der Waals surface area contributed by atoms with E-state index in [9.17, 15) is 14.4 Å². The summed E-state index contributed by atoms with van der Waals surface area (Å²) in [5.41, 5.74) is 0. The lowest BCUT2D eigenvalue weighted by molar-refractivity contribution is -0.167. The van der Waals surface area contributed by atoms with Crippen LogP contribution in [0.1, 0.15) is 168 Å². The highest BCUT2D eigenvalue weighted by Crippen LogP contribution is 2.10. The van der Waals surface area contributed by atoms with Gasteiger partial charge in [0, 0.05) is 19.3 Å². The van der Waals surface area contributed by atoms with Crippen molar-refractivity contribution in [3.05, 3.63) is 122 Å². The van der Waals surface area contributed by atoms with E-state index in [0.717, 1.165) is 64.2 Å². The smallest absolute Gasteiger partial charge is 0.306 e. The van der Waals surface area contributed by atoms with Crippen LogP contribution in [0.15, 0.2) is 122 Å². The number of rotatable bonds is 38. The fraction of sp³-hybridized carbons (Fsp3) is 0.558. The molecule has 1 atom stereocenters. The highest BCUT2D eigenvalue weighted by molar-refractivity contribution is 5.71. The molecule has 1 unspecified atom stereocenters. The minimum atomic E-state index is -0.847. The molecule has 0 rings (SSSR count). The Kier molecular flexibility index (Phi) is 42.2. The summed E-state index contributed by atoms with van der Waals surface area (Å²) in [7, 11) is 0. The van der Waals surface area contributed by atoms with E-state index in [1.54, 1.807) is 0 Å². The number of carbonyl (C=O) groups excluding carboxylic acids is 3. The van der Waals surface area contributed by atoms with Crippen molar-refractivity contribution in [1.82, 2.24) is 0 Å². The molecule has 0 N–H and O–H groups in total. The first-order chi connectivity index (χ1) is 28.5. The van der Waals surface area contributed by atoms with Gasteiger partial charge in [-0.05, 0) is 83.5 Å². The van der Waals surface area contributed by atoms with E-state index in [1.165, 1.54) is 44.9 Å². The fourth-order valence-electron chi connectivity index (χ4n) is 5.48. The molecule has 6 heteroatoms. The molecule has 0 heterocycles. The molecule has 0 spiro atoms. The summed E-state index contributed by atoms with van der Waals surface area (Å²) in [5, 5.41) is 0. The summed E-state index contributed by atoms with van der Waals surface area (Å²) in [6, 6.07) is 0. The number of unbranched alkanes of at least 4 members (excludes halogenated alkanes) is 12. The number of allylic oxidation sites excluding steroid dienone is 20. The fourth-order valence-corrected chi connectivity index (χ4v) is 5.48. The molecule has 0 saturated heterocycles. The first-order valence-corrected chi connectivity index (χ1v) is 22.6. The largest absolute Gasteiger partial charge is 0.462 e. The topological polar surface area (TPSA) is 78.9 Å². The third-order valence-electron chi connectivity index (χ3n) is 8.84. The van der Waals surface area contributed by atoms with Crippen molar-refractivity contribution in [2.24, 2.45) is 0 Å². The van der Waals surface area contributed by atoms with Gasteiger partial charge in [-0.3, -0.25) is 14.4 Å². The highest BCUT2D eigenvalue weighted by atomic mass is 16.6. The summed E-state index contributed by atoms with van der Waals surface area (Å²) in [6.45, 7) is 6.19. The van der Waals surface area contributed by atoms with Gasteiger partial charge in [-0.2, -0.15) is 0 Å². The zero-order valence-electron chi connectivity index (χ0n) is 36.8. The molecule has 0 amide bonds. The Balaban J connectivity index is 4.61. The van der Waals surface area contributed by atoms with Crippen LogP contribution >= 0.6 is 0 Å². The second-order valence-corrected chi connectivity index (χ2v) is 14.3. The van der Waals surface area contributed by atoms with Gasteiger partial charge in [-0.15, -0.1) is 0 Å². The molecular formula is C52H80O6. The molecule has 0 aliphatic rings. The molecule has 6 nitrogen and oxygen atoms in total. The van der Waals surface area contributed by atoms with Gasteiger partial charge >= 0.3 is 17.9 Å². The molecule has 0 aromatic carbocycles. The maximum Gasteiger partial charge on any atom is 0.306 e. The zero-order chi connectivity index (χ0) is 42.3. The van der Waals surface area contributed by atoms with Crippen molar-refractivity contribution in [1.29, 1.82) is 0 Å². The van der Waals surface area contributed by atoms with Crippen LogP contribution in [0.2, 0.25) is 0 Å². The van der Waals surface area contributed by atoms with E-state index >= 15 is 0 Å². The van der Waals surface area contributed by atoms with E-state index in [2.05, 4.69) is 87.6 Å². The normalized spacial score (nSPS) is 13.2. The molecular weight excluding hydrogens is 721 g/mol. The summed E-state index contributed by atoms with van der Waals surface area (Å²) in [6.07, 6.45) is 62.0. The van der Waals surface area contributed by atoms with Gasteiger partial charge in [-0.25, -0.2) is 0 Å². The first kappa shape index (κ1) is 53.8. The molecule has 0 bridgehead atoms. The second kappa shape index (κ2) is 45.5. The van der Waals surface area contributed by atoms with Crippen LogP contribution in [0.5, 0.6) is 0 Å². The van der Waals surface area contributed by atoms with Crippen molar-refractivity contribution < 1.29 is 28.6 Å².